The van der Waals surface area contributed by atoms with Crippen LogP contribution in [0.2, 0.25) is 0 Å². The number of nitrogens with zero attached hydrogens (tertiary/aromatic N) is 1. The number of hydrogen-bond donors (Lipinski definition) is 1. The third-order valence-corrected chi connectivity index (χ3v) is 3.53. The molecule has 0 bridgehead atoms. The SMILES string of the molecule is Cc1cc(NS(C)(=O)=O)ccc1Oc1ccc(C=O)c(C)n1. The van der Waals surface area contributed by atoms with Gasteiger partial charge in [-0.3, -0.25) is 9.52 Å². The predicted octanol–water partition coefficient (Wildman–Crippen LogP) is 2.67. The lowest BCUT2D eigenvalue weighted by atomic mass is 10.2. The number of carbonyl (C=O) groups excluding carboxylic acids is 1. The van der Waals surface area contributed by atoms with E-state index in [9.17, 15) is 13.2 Å². The molecule has 22 heavy (non-hydrogen) atoms. The summed E-state index contributed by atoms with van der Waals surface area (Å²) in [5.74, 6) is 0.930. The van der Waals surface area contributed by atoms with Gasteiger partial charge in [-0.2, -0.15) is 0 Å². The van der Waals surface area contributed by atoms with Gasteiger partial charge in [-0.1, -0.05) is 0 Å². The standard InChI is InChI=1S/C15H16N2O4S/c1-10-8-13(17-22(3,19)20)5-6-14(10)21-15-7-4-12(9-18)11(2)16-15/h4-9,17H,1-3H3. The van der Waals surface area contributed by atoms with Gasteiger partial charge in [0, 0.05) is 17.3 Å². The van der Waals surface area contributed by atoms with E-state index in [-0.39, 0.29) is 0 Å². The largest absolute Gasteiger partial charge is 0.439 e. The predicted molar refractivity (Wildman–Crippen MR) is 84.1 cm³/mol. The molecule has 0 spiro atoms. The Kier molecular flexibility index (Phi) is 4.46. The van der Waals surface area contributed by atoms with Crippen molar-refractivity contribution in [2.24, 2.45) is 0 Å². The van der Waals surface area contributed by atoms with Crippen LogP contribution in [0.15, 0.2) is 30.3 Å². The first-order chi connectivity index (χ1) is 10.3. The average molecular weight is 320 g/mol. The molecule has 1 aromatic carbocycles. The molecule has 0 amide bonds. The molecule has 1 heterocycles. The highest BCUT2D eigenvalue weighted by Gasteiger charge is 2.08. The molecule has 0 unspecified atom stereocenters. The van der Waals surface area contributed by atoms with Crippen molar-refractivity contribution in [1.82, 2.24) is 4.98 Å². The van der Waals surface area contributed by atoms with Crippen molar-refractivity contribution in [3.63, 3.8) is 0 Å². The number of nitrogens with one attached hydrogen (secondary N) is 1. The van der Waals surface area contributed by atoms with Gasteiger partial charge in [-0.05, 0) is 43.7 Å². The summed E-state index contributed by atoms with van der Waals surface area (Å²) in [4.78, 5) is 15.0. The number of aryl methyl sites for hydroxylation is 2. The fourth-order valence-electron chi connectivity index (χ4n) is 1.88. The smallest absolute Gasteiger partial charge is 0.229 e. The van der Waals surface area contributed by atoms with E-state index >= 15 is 0 Å². The second-order valence-corrected chi connectivity index (χ2v) is 6.65. The summed E-state index contributed by atoms with van der Waals surface area (Å²) in [7, 11) is -3.32. The first-order valence-electron chi connectivity index (χ1n) is 6.47. The number of aldehydes is 1. The van der Waals surface area contributed by atoms with Crippen LogP contribution in [0.25, 0.3) is 0 Å². The maximum absolute atomic E-state index is 11.2. The van der Waals surface area contributed by atoms with Crippen LogP contribution in [-0.4, -0.2) is 25.9 Å². The third kappa shape index (κ3) is 4.05. The molecule has 2 rings (SSSR count). The van der Waals surface area contributed by atoms with Crippen LogP contribution in [-0.2, 0) is 10.0 Å². The normalized spacial score (nSPS) is 11.0. The van der Waals surface area contributed by atoms with E-state index in [0.29, 0.717) is 28.6 Å². The summed E-state index contributed by atoms with van der Waals surface area (Å²) < 4.78 is 30.5. The monoisotopic (exact) mass is 320 g/mol. The van der Waals surface area contributed by atoms with E-state index in [2.05, 4.69) is 9.71 Å². The number of hydrogen-bond acceptors (Lipinski definition) is 5. The molecule has 0 saturated heterocycles. The first kappa shape index (κ1) is 16.0. The van der Waals surface area contributed by atoms with E-state index < -0.39 is 10.0 Å². The number of benzene rings is 1. The quantitative estimate of drug-likeness (QED) is 0.856. The molecule has 0 atom stereocenters. The summed E-state index contributed by atoms with van der Waals surface area (Å²) in [6, 6.07) is 8.19. The molecular formula is C15H16N2O4S. The van der Waals surface area contributed by atoms with Crippen molar-refractivity contribution >= 4 is 22.0 Å². The van der Waals surface area contributed by atoms with Crippen molar-refractivity contribution in [3.05, 3.63) is 47.2 Å². The number of anilines is 1. The van der Waals surface area contributed by atoms with Crippen LogP contribution in [0, 0.1) is 13.8 Å². The van der Waals surface area contributed by atoms with E-state index in [1.165, 1.54) is 0 Å². The summed E-state index contributed by atoms with van der Waals surface area (Å²) >= 11 is 0. The fraction of sp³-hybridized carbons (Fsp3) is 0.200. The Morgan fingerprint density at radius 2 is 1.91 bits per heavy atom. The van der Waals surface area contributed by atoms with E-state index in [1.807, 2.05) is 0 Å². The Labute approximate surface area is 129 Å². The molecule has 116 valence electrons. The average Bonchev–Trinajstić information content (AvgIpc) is 2.40. The van der Waals surface area contributed by atoms with Crippen molar-refractivity contribution in [2.75, 3.05) is 11.0 Å². The van der Waals surface area contributed by atoms with E-state index in [1.54, 1.807) is 44.2 Å². The van der Waals surface area contributed by atoms with Crippen LogP contribution in [0.5, 0.6) is 11.6 Å². The van der Waals surface area contributed by atoms with Crippen molar-refractivity contribution in [3.8, 4) is 11.6 Å². The van der Waals surface area contributed by atoms with Gasteiger partial charge in [0.05, 0.1) is 11.9 Å². The maximum Gasteiger partial charge on any atom is 0.229 e. The van der Waals surface area contributed by atoms with Crippen LogP contribution in [0.1, 0.15) is 21.6 Å². The summed E-state index contributed by atoms with van der Waals surface area (Å²) in [5, 5.41) is 0. The van der Waals surface area contributed by atoms with Gasteiger partial charge in [0.15, 0.2) is 6.29 Å². The molecule has 7 heteroatoms. The molecule has 1 aromatic heterocycles. The van der Waals surface area contributed by atoms with E-state index in [4.69, 9.17) is 4.74 Å². The van der Waals surface area contributed by atoms with Crippen molar-refractivity contribution < 1.29 is 17.9 Å². The number of sulfonamides is 1. The number of ether oxygens (including phenoxy) is 1. The third-order valence-electron chi connectivity index (χ3n) is 2.92. The first-order valence-corrected chi connectivity index (χ1v) is 8.37. The number of rotatable bonds is 5. The molecule has 0 aliphatic carbocycles. The van der Waals surface area contributed by atoms with Crippen LogP contribution < -0.4 is 9.46 Å². The second-order valence-electron chi connectivity index (χ2n) is 4.90. The zero-order valence-electron chi connectivity index (χ0n) is 12.5. The highest BCUT2D eigenvalue weighted by molar-refractivity contribution is 7.92. The molecular weight excluding hydrogens is 304 g/mol. The minimum absolute atomic E-state index is 0.370. The minimum Gasteiger partial charge on any atom is -0.439 e. The van der Waals surface area contributed by atoms with Crippen molar-refractivity contribution in [2.45, 2.75) is 13.8 Å². The summed E-state index contributed by atoms with van der Waals surface area (Å²) in [6.45, 7) is 3.53. The maximum atomic E-state index is 11.2. The zero-order valence-corrected chi connectivity index (χ0v) is 13.3. The highest BCUT2D eigenvalue weighted by Crippen LogP contribution is 2.27. The van der Waals surface area contributed by atoms with Gasteiger partial charge in [-0.25, -0.2) is 13.4 Å². The zero-order chi connectivity index (χ0) is 16.3. The fourth-order valence-corrected chi connectivity index (χ4v) is 2.44. The van der Waals surface area contributed by atoms with Gasteiger partial charge in [0.2, 0.25) is 15.9 Å². The Morgan fingerprint density at radius 1 is 1.18 bits per heavy atom. The Hall–Kier alpha value is -2.41. The lowest BCUT2D eigenvalue weighted by Gasteiger charge is -2.11. The van der Waals surface area contributed by atoms with E-state index in [0.717, 1.165) is 18.1 Å². The molecule has 0 radical (unpaired) electrons. The Morgan fingerprint density at radius 3 is 2.45 bits per heavy atom. The van der Waals surface area contributed by atoms with Gasteiger partial charge in [0.25, 0.3) is 0 Å². The van der Waals surface area contributed by atoms with Gasteiger partial charge in [0.1, 0.15) is 5.75 Å². The van der Waals surface area contributed by atoms with Crippen molar-refractivity contribution in [1.29, 1.82) is 0 Å². The second kappa shape index (κ2) is 6.15. The number of carbonyl (C=O) groups is 1. The molecule has 6 nitrogen and oxygen atoms in total. The van der Waals surface area contributed by atoms with Gasteiger partial charge >= 0.3 is 0 Å². The van der Waals surface area contributed by atoms with Gasteiger partial charge < -0.3 is 4.74 Å². The lowest BCUT2D eigenvalue weighted by Crippen LogP contribution is -2.09. The topological polar surface area (TPSA) is 85.4 Å². The van der Waals surface area contributed by atoms with Crippen LogP contribution in [0.3, 0.4) is 0 Å². The molecule has 2 aromatic rings. The highest BCUT2D eigenvalue weighted by atomic mass is 32.2. The number of aromatic nitrogens is 1. The lowest BCUT2D eigenvalue weighted by molar-refractivity contribution is 0.112. The number of pyridine rings is 1. The Balaban J connectivity index is 2.23. The van der Waals surface area contributed by atoms with Crippen LogP contribution >= 0.6 is 0 Å². The molecule has 1 N–H and O–H groups in total. The summed E-state index contributed by atoms with van der Waals surface area (Å²) in [6.07, 6.45) is 1.83. The molecule has 0 aliphatic heterocycles. The Bertz CT molecular complexity index is 816. The summed E-state index contributed by atoms with van der Waals surface area (Å²) in [5.41, 5.74) is 2.32. The van der Waals surface area contributed by atoms with Gasteiger partial charge in [-0.15, -0.1) is 0 Å². The minimum atomic E-state index is -3.32. The molecule has 0 saturated carbocycles. The molecule has 0 aliphatic rings. The molecule has 0 fully saturated rings. The van der Waals surface area contributed by atoms with Crippen LogP contribution in [0.4, 0.5) is 5.69 Å².